The summed E-state index contributed by atoms with van der Waals surface area (Å²) in [4.78, 5) is 11.1. The first kappa shape index (κ1) is 13.5. The number of carbonyl (C=O) groups is 1. The van der Waals surface area contributed by atoms with Crippen molar-refractivity contribution in [2.24, 2.45) is 0 Å². The van der Waals surface area contributed by atoms with Crippen LogP contribution in [0.1, 0.15) is 25.8 Å². The molecule has 4 heteroatoms. The third-order valence-electron chi connectivity index (χ3n) is 3.04. The largest absolute Gasteiger partial charge is 0.496 e. The number of methoxy groups -OCH3 is 1. The van der Waals surface area contributed by atoms with Crippen molar-refractivity contribution in [1.29, 1.82) is 0 Å². The quantitative estimate of drug-likeness (QED) is 0.795. The highest BCUT2D eigenvalue weighted by Crippen LogP contribution is 2.19. The molecular weight excluding hydrogens is 218 g/mol. The molecule has 94 valence electrons. The summed E-state index contributed by atoms with van der Waals surface area (Å²) in [7, 11) is 1.61. The van der Waals surface area contributed by atoms with E-state index >= 15 is 0 Å². The number of hydrogen-bond acceptors (Lipinski definition) is 3. The Bertz CT molecular complexity index is 392. The van der Waals surface area contributed by atoms with Gasteiger partial charge in [-0.2, -0.15) is 0 Å². The molecule has 1 aromatic carbocycles. The minimum absolute atomic E-state index is 0.473. The van der Waals surface area contributed by atoms with E-state index in [9.17, 15) is 4.79 Å². The summed E-state index contributed by atoms with van der Waals surface area (Å²) in [6, 6.07) is 7.58. The SMILES string of the molecule is CCC(C)(NCc1ccccc1OC)C(=O)O. The van der Waals surface area contributed by atoms with Crippen LogP contribution in [0.4, 0.5) is 0 Å². The fourth-order valence-electron chi connectivity index (χ4n) is 1.49. The molecule has 0 saturated carbocycles. The number of carboxylic acids is 1. The number of aliphatic carboxylic acids is 1. The van der Waals surface area contributed by atoms with Crippen LogP contribution in [0.3, 0.4) is 0 Å². The van der Waals surface area contributed by atoms with Crippen molar-refractivity contribution in [2.75, 3.05) is 7.11 Å². The van der Waals surface area contributed by atoms with Gasteiger partial charge in [-0.05, 0) is 19.4 Å². The van der Waals surface area contributed by atoms with E-state index in [2.05, 4.69) is 5.32 Å². The lowest BCUT2D eigenvalue weighted by Gasteiger charge is -2.25. The van der Waals surface area contributed by atoms with Crippen LogP contribution in [0.25, 0.3) is 0 Å². The Balaban J connectivity index is 2.76. The molecule has 1 rings (SSSR count). The minimum Gasteiger partial charge on any atom is -0.496 e. The van der Waals surface area contributed by atoms with E-state index in [1.165, 1.54) is 0 Å². The van der Waals surface area contributed by atoms with Crippen LogP contribution in [0.5, 0.6) is 5.75 Å². The Morgan fingerprint density at radius 3 is 2.65 bits per heavy atom. The van der Waals surface area contributed by atoms with Gasteiger partial charge in [0.1, 0.15) is 11.3 Å². The van der Waals surface area contributed by atoms with Crippen molar-refractivity contribution in [3.63, 3.8) is 0 Å². The standard InChI is InChI=1S/C13H19NO3/c1-4-13(2,12(15)16)14-9-10-7-5-6-8-11(10)17-3/h5-8,14H,4,9H2,1-3H3,(H,15,16). The second-order valence-corrected chi connectivity index (χ2v) is 4.16. The van der Waals surface area contributed by atoms with Crippen molar-refractivity contribution in [3.05, 3.63) is 29.8 Å². The zero-order chi connectivity index (χ0) is 12.9. The highest BCUT2D eigenvalue weighted by atomic mass is 16.5. The van der Waals surface area contributed by atoms with Gasteiger partial charge in [-0.15, -0.1) is 0 Å². The number of nitrogens with one attached hydrogen (secondary N) is 1. The Kier molecular flexibility index (Phi) is 4.52. The average molecular weight is 237 g/mol. The molecule has 1 aromatic rings. The van der Waals surface area contributed by atoms with Gasteiger partial charge in [0, 0.05) is 12.1 Å². The zero-order valence-corrected chi connectivity index (χ0v) is 10.5. The molecular formula is C13H19NO3. The van der Waals surface area contributed by atoms with E-state index in [1.54, 1.807) is 14.0 Å². The van der Waals surface area contributed by atoms with E-state index in [4.69, 9.17) is 9.84 Å². The van der Waals surface area contributed by atoms with Gasteiger partial charge in [-0.25, -0.2) is 0 Å². The minimum atomic E-state index is -0.902. The molecule has 0 heterocycles. The Morgan fingerprint density at radius 2 is 2.12 bits per heavy atom. The zero-order valence-electron chi connectivity index (χ0n) is 10.5. The molecule has 0 bridgehead atoms. The molecule has 4 nitrogen and oxygen atoms in total. The van der Waals surface area contributed by atoms with Crippen LogP contribution in [-0.4, -0.2) is 23.7 Å². The van der Waals surface area contributed by atoms with Crippen LogP contribution in [-0.2, 0) is 11.3 Å². The highest BCUT2D eigenvalue weighted by Gasteiger charge is 2.30. The summed E-state index contributed by atoms with van der Waals surface area (Å²) >= 11 is 0. The summed E-state index contributed by atoms with van der Waals surface area (Å²) in [5.41, 5.74) is 0.0526. The van der Waals surface area contributed by atoms with Gasteiger partial charge in [0.05, 0.1) is 7.11 Å². The second kappa shape index (κ2) is 5.68. The first-order valence-electron chi connectivity index (χ1n) is 5.64. The summed E-state index contributed by atoms with van der Waals surface area (Å²) in [6.07, 6.45) is 0.525. The van der Waals surface area contributed by atoms with E-state index < -0.39 is 11.5 Å². The maximum atomic E-state index is 11.1. The summed E-state index contributed by atoms with van der Waals surface area (Å²) in [6.45, 7) is 4.01. The smallest absolute Gasteiger partial charge is 0.323 e. The van der Waals surface area contributed by atoms with Crippen molar-refractivity contribution in [2.45, 2.75) is 32.4 Å². The van der Waals surface area contributed by atoms with E-state index in [-0.39, 0.29) is 0 Å². The van der Waals surface area contributed by atoms with E-state index in [0.29, 0.717) is 13.0 Å². The number of para-hydroxylation sites is 1. The molecule has 0 aromatic heterocycles. The maximum absolute atomic E-state index is 11.1. The molecule has 0 saturated heterocycles. The molecule has 17 heavy (non-hydrogen) atoms. The lowest BCUT2D eigenvalue weighted by Crippen LogP contribution is -2.48. The highest BCUT2D eigenvalue weighted by molar-refractivity contribution is 5.78. The number of rotatable bonds is 6. The van der Waals surface area contributed by atoms with Crippen molar-refractivity contribution < 1.29 is 14.6 Å². The van der Waals surface area contributed by atoms with Gasteiger partial charge in [-0.3, -0.25) is 10.1 Å². The van der Waals surface area contributed by atoms with Crippen LogP contribution in [0.15, 0.2) is 24.3 Å². The first-order chi connectivity index (χ1) is 8.03. The first-order valence-corrected chi connectivity index (χ1v) is 5.64. The fourth-order valence-corrected chi connectivity index (χ4v) is 1.49. The summed E-state index contributed by atoms with van der Waals surface area (Å²) in [5, 5.41) is 12.2. The summed E-state index contributed by atoms with van der Waals surface area (Å²) < 4.78 is 5.22. The fraction of sp³-hybridized carbons (Fsp3) is 0.462. The molecule has 0 aliphatic rings. The Labute approximate surface area is 102 Å². The third-order valence-corrected chi connectivity index (χ3v) is 3.04. The van der Waals surface area contributed by atoms with Crippen LogP contribution in [0, 0.1) is 0 Å². The number of carboxylic acid groups (broad SMARTS) is 1. The van der Waals surface area contributed by atoms with Crippen LogP contribution in [0.2, 0.25) is 0 Å². The molecule has 0 aliphatic heterocycles. The molecule has 0 aliphatic carbocycles. The predicted octanol–water partition coefficient (Wildman–Crippen LogP) is 2.04. The van der Waals surface area contributed by atoms with Gasteiger partial charge in [-0.1, -0.05) is 25.1 Å². The second-order valence-electron chi connectivity index (χ2n) is 4.16. The van der Waals surface area contributed by atoms with E-state index in [0.717, 1.165) is 11.3 Å². The molecule has 1 atom stereocenters. The maximum Gasteiger partial charge on any atom is 0.323 e. The van der Waals surface area contributed by atoms with Crippen molar-refractivity contribution in [3.8, 4) is 5.75 Å². The lowest BCUT2D eigenvalue weighted by atomic mass is 9.99. The third kappa shape index (κ3) is 3.20. The monoisotopic (exact) mass is 237 g/mol. The van der Waals surface area contributed by atoms with E-state index in [1.807, 2.05) is 31.2 Å². The molecule has 1 unspecified atom stereocenters. The number of benzene rings is 1. The molecule has 0 spiro atoms. The molecule has 0 amide bonds. The van der Waals surface area contributed by atoms with Gasteiger partial charge in [0.2, 0.25) is 0 Å². The summed E-state index contributed by atoms with van der Waals surface area (Å²) in [5.74, 6) is -0.0706. The van der Waals surface area contributed by atoms with Gasteiger partial charge in [0.25, 0.3) is 0 Å². The molecule has 0 fully saturated rings. The van der Waals surface area contributed by atoms with Crippen LogP contribution < -0.4 is 10.1 Å². The van der Waals surface area contributed by atoms with Gasteiger partial charge >= 0.3 is 5.97 Å². The molecule has 0 radical (unpaired) electrons. The predicted molar refractivity (Wildman–Crippen MR) is 66.2 cm³/mol. The van der Waals surface area contributed by atoms with Gasteiger partial charge < -0.3 is 9.84 Å². The van der Waals surface area contributed by atoms with Crippen molar-refractivity contribution >= 4 is 5.97 Å². The van der Waals surface area contributed by atoms with Crippen LogP contribution >= 0.6 is 0 Å². The van der Waals surface area contributed by atoms with Gasteiger partial charge in [0.15, 0.2) is 0 Å². The van der Waals surface area contributed by atoms with Crippen molar-refractivity contribution in [1.82, 2.24) is 5.32 Å². The molecule has 2 N–H and O–H groups in total. The lowest BCUT2D eigenvalue weighted by molar-refractivity contribution is -0.144. The average Bonchev–Trinajstić information content (AvgIpc) is 2.36. The number of hydrogen-bond donors (Lipinski definition) is 2. The topological polar surface area (TPSA) is 58.6 Å². The number of ether oxygens (including phenoxy) is 1. The Hall–Kier alpha value is -1.55. The normalized spacial score (nSPS) is 14.1. The Morgan fingerprint density at radius 1 is 1.47 bits per heavy atom.